The highest BCUT2D eigenvalue weighted by atomic mass is 32.2. The number of aromatic amines is 1. The van der Waals surface area contributed by atoms with Crippen LogP contribution in [0.5, 0.6) is 0 Å². The number of benzene rings is 2. The Morgan fingerprint density at radius 1 is 1.06 bits per heavy atom. The molecule has 1 aliphatic rings. The van der Waals surface area contributed by atoms with Crippen LogP contribution in [0.25, 0.3) is 0 Å². The summed E-state index contributed by atoms with van der Waals surface area (Å²) in [5.74, 6) is -1.66. The molecule has 31 heavy (non-hydrogen) atoms. The highest BCUT2D eigenvalue weighted by Gasteiger charge is 2.39. The van der Waals surface area contributed by atoms with Gasteiger partial charge in [0, 0.05) is 18.1 Å². The van der Waals surface area contributed by atoms with Crippen molar-refractivity contribution in [1.82, 2.24) is 9.97 Å². The maximum absolute atomic E-state index is 13.5. The van der Waals surface area contributed by atoms with Crippen molar-refractivity contribution in [1.29, 1.82) is 0 Å². The molecule has 160 valence electrons. The van der Waals surface area contributed by atoms with Gasteiger partial charge in [0.15, 0.2) is 5.16 Å². The van der Waals surface area contributed by atoms with Gasteiger partial charge in [0.05, 0.1) is 11.1 Å². The molecule has 1 amide bonds. The summed E-state index contributed by atoms with van der Waals surface area (Å²) in [4.78, 5) is 31.8. The van der Waals surface area contributed by atoms with Gasteiger partial charge in [0.25, 0.3) is 5.56 Å². The van der Waals surface area contributed by atoms with Crippen LogP contribution in [0, 0.1) is 5.82 Å². The molecule has 0 radical (unpaired) electrons. The van der Waals surface area contributed by atoms with Crippen molar-refractivity contribution in [2.75, 3.05) is 5.32 Å². The lowest BCUT2D eigenvalue weighted by Gasteiger charge is -2.26. The number of amides is 1. The standard InChI is InChI=1S/C21H15F4N3O2S/c22-12-7-5-11(6-8-12)10-31-20-27-18-17(19(30)28-20)14(9-16(29)26-18)13-3-1-2-4-15(13)21(23,24)25/h1-8,14H,9-10H2,(H2,26,27,28,29,30). The number of nitrogens with one attached hydrogen (secondary N) is 2. The molecule has 2 aromatic carbocycles. The number of rotatable bonds is 4. The fourth-order valence-corrected chi connectivity index (χ4v) is 4.29. The van der Waals surface area contributed by atoms with Crippen LogP contribution in [-0.2, 0) is 16.7 Å². The molecule has 5 nitrogen and oxygen atoms in total. The Balaban J connectivity index is 1.70. The minimum atomic E-state index is -4.63. The van der Waals surface area contributed by atoms with Crippen molar-refractivity contribution in [3.05, 3.63) is 87.0 Å². The molecular weight excluding hydrogens is 434 g/mol. The summed E-state index contributed by atoms with van der Waals surface area (Å²) in [5, 5.41) is 2.68. The topological polar surface area (TPSA) is 74.8 Å². The van der Waals surface area contributed by atoms with E-state index in [-0.39, 0.29) is 34.3 Å². The number of anilines is 1. The molecule has 0 bridgehead atoms. The number of H-pyrrole nitrogens is 1. The maximum Gasteiger partial charge on any atom is 0.416 e. The van der Waals surface area contributed by atoms with Gasteiger partial charge in [-0.05, 0) is 29.3 Å². The Morgan fingerprint density at radius 2 is 1.77 bits per heavy atom. The lowest BCUT2D eigenvalue weighted by molar-refractivity contribution is -0.138. The quantitative estimate of drug-likeness (QED) is 0.344. The number of thioether (sulfide) groups is 1. The summed E-state index contributed by atoms with van der Waals surface area (Å²) >= 11 is 1.15. The number of hydrogen-bond acceptors (Lipinski definition) is 4. The summed E-state index contributed by atoms with van der Waals surface area (Å²) in [6.45, 7) is 0. The van der Waals surface area contributed by atoms with E-state index in [1.807, 2.05) is 0 Å². The van der Waals surface area contributed by atoms with E-state index < -0.39 is 29.1 Å². The molecule has 1 atom stereocenters. The summed E-state index contributed by atoms with van der Waals surface area (Å²) in [5.41, 5.74) is -0.885. The largest absolute Gasteiger partial charge is 0.416 e. The predicted molar refractivity (Wildman–Crippen MR) is 107 cm³/mol. The zero-order chi connectivity index (χ0) is 22.2. The fraction of sp³-hybridized carbons (Fsp3) is 0.190. The second-order valence-electron chi connectivity index (χ2n) is 6.94. The van der Waals surface area contributed by atoms with Gasteiger partial charge in [-0.15, -0.1) is 0 Å². The van der Waals surface area contributed by atoms with E-state index in [9.17, 15) is 27.2 Å². The van der Waals surface area contributed by atoms with Gasteiger partial charge in [-0.3, -0.25) is 9.59 Å². The molecule has 0 saturated carbocycles. The van der Waals surface area contributed by atoms with Gasteiger partial charge in [-0.1, -0.05) is 42.1 Å². The van der Waals surface area contributed by atoms with E-state index in [4.69, 9.17) is 0 Å². The Labute approximate surface area is 177 Å². The van der Waals surface area contributed by atoms with Gasteiger partial charge in [-0.2, -0.15) is 13.2 Å². The van der Waals surface area contributed by atoms with E-state index in [1.165, 1.54) is 30.3 Å². The molecule has 1 unspecified atom stereocenters. The van der Waals surface area contributed by atoms with Crippen LogP contribution in [0.2, 0.25) is 0 Å². The van der Waals surface area contributed by atoms with Crippen molar-refractivity contribution in [2.45, 2.75) is 29.4 Å². The van der Waals surface area contributed by atoms with E-state index in [0.29, 0.717) is 5.75 Å². The second-order valence-corrected chi connectivity index (χ2v) is 7.90. The highest BCUT2D eigenvalue weighted by molar-refractivity contribution is 7.98. The summed E-state index contributed by atoms with van der Waals surface area (Å²) < 4.78 is 53.5. The molecule has 0 spiro atoms. The van der Waals surface area contributed by atoms with Crippen molar-refractivity contribution in [3.63, 3.8) is 0 Å². The lowest BCUT2D eigenvalue weighted by Crippen LogP contribution is -2.32. The van der Waals surface area contributed by atoms with Crippen LogP contribution in [0.3, 0.4) is 0 Å². The van der Waals surface area contributed by atoms with Crippen LogP contribution in [0.4, 0.5) is 23.4 Å². The van der Waals surface area contributed by atoms with Crippen LogP contribution in [0.15, 0.2) is 58.5 Å². The minimum absolute atomic E-state index is 0.0116. The van der Waals surface area contributed by atoms with Crippen molar-refractivity contribution in [2.24, 2.45) is 0 Å². The third-order valence-electron chi connectivity index (χ3n) is 4.86. The Bertz CT molecular complexity index is 1190. The predicted octanol–water partition coefficient (Wildman–Crippen LogP) is 4.69. The third-order valence-corrected chi connectivity index (χ3v) is 5.80. The molecule has 0 saturated heterocycles. The molecule has 1 aromatic heterocycles. The molecule has 3 aromatic rings. The molecule has 10 heteroatoms. The highest BCUT2D eigenvalue weighted by Crippen LogP contribution is 2.41. The number of alkyl halides is 3. The zero-order valence-corrected chi connectivity index (χ0v) is 16.6. The number of nitrogens with zero attached hydrogens (tertiary/aromatic N) is 1. The summed E-state index contributed by atoms with van der Waals surface area (Å²) in [7, 11) is 0. The molecule has 1 aliphatic heterocycles. The fourth-order valence-electron chi connectivity index (χ4n) is 3.48. The SMILES string of the molecule is O=C1CC(c2ccccc2C(F)(F)F)c2c(nc(SCc3ccc(F)cc3)[nH]c2=O)N1. The zero-order valence-electron chi connectivity index (χ0n) is 15.8. The number of hydrogen-bond donors (Lipinski definition) is 2. The second kappa shape index (κ2) is 8.18. The first-order valence-electron chi connectivity index (χ1n) is 9.20. The third kappa shape index (κ3) is 4.48. The van der Waals surface area contributed by atoms with Crippen molar-refractivity contribution in [3.8, 4) is 0 Å². The summed E-state index contributed by atoms with van der Waals surface area (Å²) in [6.07, 6.45) is -4.93. The first-order chi connectivity index (χ1) is 14.7. The molecule has 2 N–H and O–H groups in total. The van der Waals surface area contributed by atoms with E-state index in [2.05, 4.69) is 15.3 Å². The molecule has 2 heterocycles. The Kier molecular flexibility index (Phi) is 5.57. The van der Waals surface area contributed by atoms with Gasteiger partial charge in [-0.25, -0.2) is 9.37 Å². The number of halogens is 4. The Morgan fingerprint density at radius 3 is 2.48 bits per heavy atom. The molecule has 0 aliphatic carbocycles. The molecule has 4 rings (SSSR count). The molecular formula is C21H15F4N3O2S. The van der Waals surface area contributed by atoms with Gasteiger partial charge in [0.2, 0.25) is 5.91 Å². The maximum atomic E-state index is 13.5. The van der Waals surface area contributed by atoms with E-state index >= 15 is 0 Å². The van der Waals surface area contributed by atoms with Crippen LogP contribution >= 0.6 is 11.8 Å². The first-order valence-corrected chi connectivity index (χ1v) is 10.2. The first kappa shape index (κ1) is 21.1. The van der Waals surface area contributed by atoms with Gasteiger partial charge < -0.3 is 10.3 Å². The summed E-state index contributed by atoms with van der Waals surface area (Å²) in [6, 6.07) is 10.7. The van der Waals surface area contributed by atoms with Crippen LogP contribution in [0.1, 0.15) is 34.6 Å². The van der Waals surface area contributed by atoms with Crippen LogP contribution in [-0.4, -0.2) is 15.9 Å². The average Bonchev–Trinajstić information content (AvgIpc) is 2.72. The number of carbonyl (C=O) groups is 1. The smallest absolute Gasteiger partial charge is 0.310 e. The van der Waals surface area contributed by atoms with Crippen molar-refractivity contribution < 1.29 is 22.4 Å². The van der Waals surface area contributed by atoms with Crippen LogP contribution < -0.4 is 10.9 Å². The molecule has 0 fully saturated rings. The lowest BCUT2D eigenvalue weighted by atomic mass is 9.84. The number of aromatic nitrogens is 2. The number of carbonyl (C=O) groups excluding carboxylic acids is 1. The van der Waals surface area contributed by atoms with Crippen molar-refractivity contribution >= 4 is 23.5 Å². The van der Waals surface area contributed by atoms with E-state index in [1.54, 1.807) is 12.1 Å². The minimum Gasteiger partial charge on any atom is -0.310 e. The monoisotopic (exact) mass is 449 g/mol. The normalized spacial score (nSPS) is 16.0. The average molecular weight is 449 g/mol. The number of fused-ring (bicyclic) bond motifs is 1. The van der Waals surface area contributed by atoms with Gasteiger partial charge >= 0.3 is 6.18 Å². The van der Waals surface area contributed by atoms with Gasteiger partial charge in [0.1, 0.15) is 11.6 Å². The Hall–Kier alpha value is -3.14. The van der Waals surface area contributed by atoms with E-state index in [0.717, 1.165) is 23.4 Å².